The molecule has 1 aliphatic rings. The molecule has 1 aliphatic carbocycles. The van der Waals surface area contributed by atoms with Crippen molar-refractivity contribution in [3.8, 4) is 11.3 Å². The lowest BCUT2D eigenvalue weighted by molar-refractivity contribution is -0.137. The number of carbonyl (C=O) groups is 1. The fraction of sp³-hybridized carbons (Fsp3) is 0.381. The van der Waals surface area contributed by atoms with Crippen molar-refractivity contribution in [2.75, 3.05) is 17.7 Å². The number of aromatic nitrogens is 3. The third-order valence-corrected chi connectivity index (χ3v) is 6.44. The first-order valence-corrected chi connectivity index (χ1v) is 11.1. The number of hydrogen-bond acceptors (Lipinski definition) is 6. The molecule has 0 radical (unpaired) electrons. The fourth-order valence-electron chi connectivity index (χ4n) is 4.02. The second-order valence-electron chi connectivity index (χ2n) is 7.89. The maximum Gasteiger partial charge on any atom is 0.419 e. The second kappa shape index (κ2) is 9.18. The summed E-state index contributed by atoms with van der Waals surface area (Å²) in [6.07, 6.45) is 0.353. The van der Waals surface area contributed by atoms with Crippen molar-refractivity contribution >= 4 is 44.6 Å². The molecule has 176 valence electrons. The molecule has 0 unspecified atom stereocenters. The number of hydrogen-bond donors (Lipinski definition) is 4. The van der Waals surface area contributed by atoms with E-state index in [4.69, 9.17) is 5.73 Å². The van der Waals surface area contributed by atoms with E-state index in [1.807, 2.05) is 0 Å². The summed E-state index contributed by atoms with van der Waals surface area (Å²) in [5, 5.41) is 6.17. The molecular formula is C21H22BrF3N6O2. The number of nitrogens with zero attached hydrogens (tertiary/aromatic N) is 2. The highest BCUT2D eigenvalue weighted by atomic mass is 79.9. The normalized spacial score (nSPS) is 18.8. The van der Waals surface area contributed by atoms with Crippen LogP contribution in [-0.4, -0.2) is 40.2 Å². The second-order valence-corrected chi connectivity index (χ2v) is 8.68. The number of fused-ring (bicyclic) bond motifs is 1. The van der Waals surface area contributed by atoms with Gasteiger partial charge in [-0.1, -0.05) is 6.07 Å². The Labute approximate surface area is 195 Å². The maximum absolute atomic E-state index is 13.8. The average molecular weight is 527 g/mol. The van der Waals surface area contributed by atoms with Gasteiger partial charge in [0, 0.05) is 35.4 Å². The minimum absolute atomic E-state index is 0.00223. The Balaban J connectivity index is 1.76. The van der Waals surface area contributed by atoms with Crippen molar-refractivity contribution in [2.45, 2.75) is 43.9 Å². The average Bonchev–Trinajstić information content (AvgIpc) is 3.19. The molecule has 2 aromatic heterocycles. The van der Waals surface area contributed by atoms with Gasteiger partial charge < -0.3 is 20.8 Å². The summed E-state index contributed by atoms with van der Waals surface area (Å²) in [5.41, 5.74) is 5.99. The lowest BCUT2D eigenvalue weighted by atomic mass is 9.92. The predicted molar refractivity (Wildman–Crippen MR) is 122 cm³/mol. The molecule has 5 N–H and O–H groups in total. The van der Waals surface area contributed by atoms with Crippen LogP contribution < -0.4 is 16.4 Å². The molecule has 0 bridgehead atoms. The van der Waals surface area contributed by atoms with E-state index in [-0.39, 0.29) is 29.3 Å². The van der Waals surface area contributed by atoms with E-state index in [0.29, 0.717) is 27.5 Å². The first kappa shape index (κ1) is 23.3. The number of anilines is 2. The number of alkyl halides is 3. The van der Waals surface area contributed by atoms with Gasteiger partial charge in [0.05, 0.1) is 28.5 Å². The van der Waals surface area contributed by atoms with E-state index in [1.165, 1.54) is 13.3 Å². The summed E-state index contributed by atoms with van der Waals surface area (Å²) in [7, 11) is 1.23. The summed E-state index contributed by atoms with van der Waals surface area (Å²) >= 11 is 3.39. The Kier molecular flexibility index (Phi) is 6.48. The zero-order chi connectivity index (χ0) is 23.8. The molecule has 2 heterocycles. The van der Waals surface area contributed by atoms with Gasteiger partial charge >= 0.3 is 12.3 Å². The number of ether oxygens (including phenoxy) is 1. The van der Waals surface area contributed by atoms with Crippen molar-refractivity contribution in [1.82, 2.24) is 15.0 Å². The summed E-state index contributed by atoms with van der Waals surface area (Å²) in [4.78, 5) is 22.7. The fourth-order valence-corrected chi connectivity index (χ4v) is 4.58. The van der Waals surface area contributed by atoms with Crippen LogP contribution in [0, 0.1) is 0 Å². The van der Waals surface area contributed by atoms with Gasteiger partial charge in [-0.25, -0.2) is 14.8 Å². The molecule has 4 rings (SSSR count). The summed E-state index contributed by atoms with van der Waals surface area (Å²) in [6.45, 7) is 0. The Hall–Kier alpha value is -2.86. The van der Waals surface area contributed by atoms with Crippen LogP contribution in [0.15, 0.2) is 29.0 Å². The molecule has 1 aromatic carbocycles. The molecule has 0 aliphatic heterocycles. The van der Waals surface area contributed by atoms with Gasteiger partial charge in [0.2, 0.25) is 5.95 Å². The molecular weight excluding hydrogens is 505 g/mol. The summed E-state index contributed by atoms with van der Waals surface area (Å²) in [6, 6.07) is 3.22. The number of halogens is 4. The van der Waals surface area contributed by atoms with Gasteiger partial charge in [-0.15, -0.1) is 0 Å². The van der Waals surface area contributed by atoms with Crippen LogP contribution in [0.1, 0.15) is 31.2 Å². The molecule has 8 nitrogen and oxygen atoms in total. The highest BCUT2D eigenvalue weighted by Crippen LogP contribution is 2.41. The van der Waals surface area contributed by atoms with Crippen molar-refractivity contribution in [3.63, 3.8) is 0 Å². The lowest BCUT2D eigenvalue weighted by Crippen LogP contribution is -2.35. The zero-order valence-electron chi connectivity index (χ0n) is 17.6. The molecule has 1 saturated carbocycles. The Morgan fingerprint density at radius 1 is 1.33 bits per heavy atom. The Morgan fingerprint density at radius 3 is 2.82 bits per heavy atom. The molecule has 12 heteroatoms. The van der Waals surface area contributed by atoms with Gasteiger partial charge in [0.1, 0.15) is 5.56 Å². The van der Waals surface area contributed by atoms with E-state index < -0.39 is 17.8 Å². The van der Waals surface area contributed by atoms with E-state index in [2.05, 4.69) is 46.3 Å². The molecule has 0 saturated heterocycles. The third-order valence-electron chi connectivity index (χ3n) is 5.61. The Morgan fingerprint density at radius 2 is 2.12 bits per heavy atom. The monoisotopic (exact) mass is 526 g/mol. The Bertz CT molecular complexity index is 1180. The SMILES string of the molecule is COC(=O)Nc1ccc2c(-c3nc(N[C@@H]4CCC[C@H](N)C4)ncc3C(F)(F)F)c[nH]c2c1Br. The number of H-pyrrole nitrogens is 1. The number of amides is 1. The van der Waals surface area contributed by atoms with E-state index in [1.54, 1.807) is 12.1 Å². The number of methoxy groups -OCH3 is 1. The molecule has 1 fully saturated rings. The van der Waals surface area contributed by atoms with E-state index >= 15 is 0 Å². The number of carbonyl (C=O) groups excluding carboxylic acids is 1. The first-order valence-electron chi connectivity index (χ1n) is 10.3. The van der Waals surface area contributed by atoms with Gasteiger partial charge in [-0.3, -0.25) is 5.32 Å². The van der Waals surface area contributed by atoms with E-state index in [0.717, 1.165) is 25.5 Å². The molecule has 33 heavy (non-hydrogen) atoms. The minimum Gasteiger partial charge on any atom is -0.453 e. The van der Waals surface area contributed by atoms with Gasteiger partial charge in [-0.05, 0) is 47.7 Å². The molecule has 0 spiro atoms. The van der Waals surface area contributed by atoms with Crippen molar-refractivity contribution in [1.29, 1.82) is 0 Å². The standard InChI is InChI=1S/C21H22BrF3N6O2/c1-33-20(32)30-15-6-5-12-13(8-27-18(12)16(15)22)17-14(21(23,24)25)9-28-19(31-17)29-11-4-2-3-10(26)7-11/h5-6,8-11,27H,2-4,7,26H2,1H3,(H,30,32)(H,28,29,31)/t10-,11+/m0/s1. The number of rotatable bonds is 4. The highest BCUT2D eigenvalue weighted by Gasteiger charge is 2.36. The first-order chi connectivity index (χ1) is 15.7. The smallest absolute Gasteiger partial charge is 0.419 e. The molecule has 1 amide bonds. The van der Waals surface area contributed by atoms with Crippen LogP contribution in [0.2, 0.25) is 0 Å². The van der Waals surface area contributed by atoms with Crippen LogP contribution in [0.5, 0.6) is 0 Å². The van der Waals surface area contributed by atoms with Gasteiger partial charge in [-0.2, -0.15) is 13.2 Å². The quantitative estimate of drug-likeness (QED) is 0.368. The summed E-state index contributed by atoms with van der Waals surface area (Å²) < 4.78 is 46.5. The predicted octanol–water partition coefficient (Wildman–Crippen LogP) is 5.27. The van der Waals surface area contributed by atoms with Gasteiger partial charge in [0.15, 0.2) is 0 Å². The van der Waals surface area contributed by atoms with Gasteiger partial charge in [0.25, 0.3) is 0 Å². The van der Waals surface area contributed by atoms with Crippen LogP contribution >= 0.6 is 15.9 Å². The number of aromatic amines is 1. The largest absolute Gasteiger partial charge is 0.453 e. The topological polar surface area (TPSA) is 118 Å². The number of benzene rings is 1. The minimum atomic E-state index is -4.64. The van der Waals surface area contributed by atoms with Crippen LogP contribution in [0.25, 0.3) is 22.2 Å². The molecule has 3 aromatic rings. The van der Waals surface area contributed by atoms with Crippen LogP contribution in [0.3, 0.4) is 0 Å². The van der Waals surface area contributed by atoms with Crippen LogP contribution in [0.4, 0.5) is 29.6 Å². The summed E-state index contributed by atoms with van der Waals surface area (Å²) in [5.74, 6) is 0.120. The van der Waals surface area contributed by atoms with Crippen LogP contribution in [-0.2, 0) is 10.9 Å². The number of nitrogens with one attached hydrogen (secondary N) is 3. The zero-order valence-corrected chi connectivity index (χ0v) is 19.2. The maximum atomic E-state index is 13.8. The van der Waals surface area contributed by atoms with Crippen molar-refractivity contribution in [3.05, 3.63) is 34.6 Å². The van der Waals surface area contributed by atoms with E-state index in [9.17, 15) is 18.0 Å². The third kappa shape index (κ3) is 4.91. The highest BCUT2D eigenvalue weighted by molar-refractivity contribution is 9.10. The lowest BCUT2D eigenvalue weighted by Gasteiger charge is -2.27. The van der Waals surface area contributed by atoms with Crippen molar-refractivity contribution in [2.24, 2.45) is 5.73 Å². The number of nitrogens with two attached hydrogens (primary N) is 1. The molecule has 2 atom stereocenters. The van der Waals surface area contributed by atoms with Crippen molar-refractivity contribution < 1.29 is 22.7 Å².